The fraction of sp³-hybridized carbons (Fsp3) is 0.571. The number of hydrogen-bond donors (Lipinski definition) is 1. The fourth-order valence-corrected chi connectivity index (χ4v) is 3.87. The van der Waals surface area contributed by atoms with E-state index >= 15 is 0 Å². The Morgan fingerprint density at radius 2 is 2.00 bits per heavy atom. The smallest absolute Gasteiger partial charge is 0.126 e. The van der Waals surface area contributed by atoms with Gasteiger partial charge < -0.3 is 5.73 Å². The van der Waals surface area contributed by atoms with Gasteiger partial charge in [-0.3, -0.25) is 0 Å². The van der Waals surface area contributed by atoms with E-state index in [-0.39, 0.29) is 11.9 Å². The van der Waals surface area contributed by atoms with E-state index in [1.54, 1.807) is 6.07 Å². The molecule has 17 heavy (non-hydrogen) atoms. The van der Waals surface area contributed by atoms with Crippen molar-refractivity contribution in [3.63, 3.8) is 0 Å². The van der Waals surface area contributed by atoms with Crippen LogP contribution in [0.3, 0.4) is 0 Å². The monoisotopic (exact) mass is 253 g/mol. The van der Waals surface area contributed by atoms with E-state index < -0.39 is 0 Å². The van der Waals surface area contributed by atoms with Gasteiger partial charge in [0, 0.05) is 16.2 Å². The van der Waals surface area contributed by atoms with Gasteiger partial charge in [0.2, 0.25) is 0 Å². The van der Waals surface area contributed by atoms with Crippen LogP contribution in [0.4, 0.5) is 4.39 Å². The predicted octanol–water partition coefficient (Wildman–Crippen LogP) is 4.19. The van der Waals surface area contributed by atoms with Gasteiger partial charge in [-0.1, -0.05) is 12.8 Å². The summed E-state index contributed by atoms with van der Waals surface area (Å²) in [6.07, 6.45) is 5.20. The van der Waals surface area contributed by atoms with Crippen LogP contribution in [-0.4, -0.2) is 5.25 Å². The second-order valence-electron chi connectivity index (χ2n) is 4.95. The molecule has 1 aliphatic carbocycles. The summed E-state index contributed by atoms with van der Waals surface area (Å²) in [7, 11) is 0. The van der Waals surface area contributed by atoms with Gasteiger partial charge in [-0.2, -0.15) is 0 Å². The van der Waals surface area contributed by atoms with Crippen LogP contribution < -0.4 is 5.73 Å². The SMILES string of the molecule is Cc1cc(SC2CCCC2)c([C@@H](C)N)cc1F. The van der Waals surface area contributed by atoms with Crippen LogP contribution in [0.2, 0.25) is 0 Å². The van der Waals surface area contributed by atoms with Gasteiger partial charge in [0.05, 0.1) is 0 Å². The molecule has 2 N–H and O–H groups in total. The lowest BCUT2D eigenvalue weighted by Gasteiger charge is -2.17. The Bertz CT molecular complexity index is 397. The lowest BCUT2D eigenvalue weighted by molar-refractivity contribution is 0.610. The summed E-state index contributed by atoms with van der Waals surface area (Å²) < 4.78 is 13.6. The Balaban J connectivity index is 2.26. The number of benzene rings is 1. The Labute approximate surface area is 107 Å². The molecule has 94 valence electrons. The molecular weight excluding hydrogens is 233 g/mol. The summed E-state index contributed by atoms with van der Waals surface area (Å²) in [5.41, 5.74) is 7.59. The number of aryl methyl sites for hydroxylation is 1. The van der Waals surface area contributed by atoms with Gasteiger partial charge in [-0.15, -0.1) is 11.8 Å². The highest BCUT2D eigenvalue weighted by molar-refractivity contribution is 8.00. The van der Waals surface area contributed by atoms with E-state index in [1.807, 2.05) is 31.7 Å². The molecule has 3 heteroatoms. The molecule has 1 nitrogen and oxygen atoms in total. The quantitative estimate of drug-likeness (QED) is 0.874. The zero-order chi connectivity index (χ0) is 12.4. The summed E-state index contributed by atoms with van der Waals surface area (Å²) >= 11 is 1.88. The minimum atomic E-state index is -0.145. The highest BCUT2D eigenvalue weighted by atomic mass is 32.2. The van der Waals surface area contributed by atoms with E-state index in [0.717, 1.165) is 11.1 Å². The van der Waals surface area contributed by atoms with Crippen molar-refractivity contribution in [1.29, 1.82) is 0 Å². The van der Waals surface area contributed by atoms with E-state index in [0.29, 0.717) is 5.25 Å². The number of nitrogens with two attached hydrogens (primary N) is 1. The maximum Gasteiger partial charge on any atom is 0.126 e. The van der Waals surface area contributed by atoms with Crippen LogP contribution >= 0.6 is 11.8 Å². The van der Waals surface area contributed by atoms with Gasteiger partial charge in [0.15, 0.2) is 0 Å². The van der Waals surface area contributed by atoms with Crippen molar-refractivity contribution in [2.75, 3.05) is 0 Å². The molecule has 1 atom stereocenters. The molecule has 1 fully saturated rings. The molecular formula is C14H20FNS. The molecule has 0 aliphatic heterocycles. The van der Waals surface area contributed by atoms with E-state index in [2.05, 4.69) is 0 Å². The summed E-state index contributed by atoms with van der Waals surface area (Å²) in [5, 5.41) is 0.692. The lowest BCUT2D eigenvalue weighted by Crippen LogP contribution is -2.08. The van der Waals surface area contributed by atoms with Crippen molar-refractivity contribution < 1.29 is 4.39 Å². The first kappa shape index (κ1) is 12.9. The Morgan fingerprint density at radius 3 is 2.59 bits per heavy atom. The van der Waals surface area contributed by atoms with Crippen molar-refractivity contribution >= 4 is 11.8 Å². The zero-order valence-corrected chi connectivity index (χ0v) is 11.3. The summed E-state index contributed by atoms with van der Waals surface area (Å²) in [4.78, 5) is 1.17. The van der Waals surface area contributed by atoms with Crippen LogP contribution in [0.25, 0.3) is 0 Å². The van der Waals surface area contributed by atoms with Crippen LogP contribution in [0, 0.1) is 12.7 Å². The molecule has 0 saturated heterocycles. The highest BCUT2D eigenvalue weighted by Crippen LogP contribution is 2.38. The normalized spacial score (nSPS) is 18.6. The molecule has 0 heterocycles. The third-order valence-corrected chi connectivity index (χ3v) is 4.79. The minimum Gasteiger partial charge on any atom is -0.324 e. The average molecular weight is 253 g/mol. The molecule has 0 radical (unpaired) electrons. The largest absolute Gasteiger partial charge is 0.324 e. The molecule has 2 rings (SSSR count). The van der Waals surface area contributed by atoms with Crippen molar-refractivity contribution in [3.8, 4) is 0 Å². The fourth-order valence-electron chi connectivity index (χ4n) is 2.31. The number of rotatable bonds is 3. The lowest BCUT2D eigenvalue weighted by atomic mass is 10.1. The maximum absolute atomic E-state index is 13.6. The number of hydrogen-bond acceptors (Lipinski definition) is 2. The summed E-state index contributed by atoms with van der Waals surface area (Å²) in [6, 6.07) is 3.46. The minimum absolute atomic E-state index is 0.103. The van der Waals surface area contributed by atoms with Gasteiger partial charge >= 0.3 is 0 Å². The zero-order valence-electron chi connectivity index (χ0n) is 10.5. The first-order valence-electron chi connectivity index (χ1n) is 6.30. The van der Waals surface area contributed by atoms with Crippen molar-refractivity contribution in [1.82, 2.24) is 0 Å². The first-order valence-corrected chi connectivity index (χ1v) is 7.18. The highest BCUT2D eigenvalue weighted by Gasteiger charge is 2.19. The van der Waals surface area contributed by atoms with Crippen molar-refractivity contribution in [3.05, 3.63) is 29.1 Å². The van der Waals surface area contributed by atoms with Crippen LogP contribution in [0.5, 0.6) is 0 Å². The average Bonchev–Trinajstić information content (AvgIpc) is 2.75. The van der Waals surface area contributed by atoms with E-state index in [4.69, 9.17) is 5.73 Å². The van der Waals surface area contributed by atoms with Crippen LogP contribution in [0.1, 0.15) is 49.8 Å². The van der Waals surface area contributed by atoms with Gasteiger partial charge in [-0.25, -0.2) is 4.39 Å². The molecule has 0 amide bonds. The van der Waals surface area contributed by atoms with Gasteiger partial charge in [-0.05, 0) is 49.9 Å². The Morgan fingerprint density at radius 1 is 1.35 bits per heavy atom. The molecule has 1 aromatic carbocycles. The van der Waals surface area contributed by atoms with Crippen molar-refractivity contribution in [2.45, 2.75) is 55.7 Å². The molecule has 0 spiro atoms. The van der Waals surface area contributed by atoms with Gasteiger partial charge in [0.25, 0.3) is 0 Å². The molecule has 0 aromatic heterocycles. The summed E-state index contributed by atoms with van der Waals surface area (Å²) in [6.45, 7) is 3.74. The molecule has 1 aromatic rings. The first-order chi connectivity index (χ1) is 8.08. The Hall–Kier alpha value is -0.540. The summed E-state index contributed by atoms with van der Waals surface area (Å²) in [5.74, 6) is -0.145. The predicted molar refractivity (Wildman–Crippen MR) is 71.9 cm³/mol. The Kier molecular flexibility index (Phi) is 4.10. The third kappa shape index (κ3) is 3.02. The third-order valence-electron chi connectivity index (χ3n) is 3.38. The second kappa shape index (κ2) is 5.40. The standard InChI is InChI=1S/C14H20FNS/c1-9-7-14(17-11-5-3-4-6-11)12(10(2)16)8-13(9)15/h7-8,10-11H,3-6,16H2,1-2H3/t10-/m1/s1. The van der Waals surface area contributed by atoms with E-state index in [9.17, 15) is 4.39 Å². The molecule has 1 saturated carbocycles. The maximum atomic E-state index is 13.6. The number of halogens is 1. The van der Waals surface area contributed by atoms with Crippen molar-refractivity contribution in [2.24, 2.45) is 5.73 Å². The molecule has 1 aliphatic rings. The number of thioether (sulfide) groups is 1. The van der Waals surface area contributed by atoms with Crippen LogP contribution in [-0.2, 0) is 0 Å². The second-order valence-corrected chi connectivity index (χ2v) is 6.29. The molecule has 0 unspecified atom stereocenters. The van der Waals surface area contributed by atoms with Gasteiger partial charge in [0.1, 0.15) is 5.82 Å². The topological polar surface area (TPSA) is 26.0 Å². The molecule has 0 bridgehead atoms. The van der Waals surface area contributed by atoms with Crippen LogP contribution in [0.15, 0.2) is 17.0 Å². The van der Waals surface area contributed by atoms with E-state index in [1.165, 1.54) is 30.6 Å².